The Morgan fingerprint density at radius 3 is 0.500 bits per heavy atom. The average molecular weight is 651 g/mol. The third-order valence-corrected chi connectivity index (χ3v) is 26.1. The molecule has 0 aliphatic rings. The van der Waals surface area contributed by atoms with Crippen molar-refractivity contribution in [3.63, 3.8) is 0 Å². The Morgan fingerprint density at radius 2 is 0.389 bits per heavy atom. The molecule has 0 heterocycles. The van der Waals surface area contributed by atoms with Gasteiger partial charge in [0.05, 0.1) is 0 Å². The first-order chi connectivity index (χ1) is 15.1. The molecule has 0 bridgehead atoms. The first-order valence-electron chi connectivity index (χ1n) is 13.2. The van der Waals surface area contributed by atoms with Gasteiger partial charge in [-0.15, -0.1) is 0 Å². The molecule has 0 fully saturated rings. The zero-order valence-corrected chi connectivity index (χ0v) is 36.4. The summed E-state index contributed by atoms with van der Waals surface area (Å²) in [5.74, 6) is 0. The highest BCUT2D eigenvalue weighted by Gasteiger charge is 2.41. The first-order valence-corrected chi connectivity index (χ1v) is 38.6. The van der Waals surface area contributed by atoms with Gasteiger partial charge in [0, 0.05) is 7.11 Å². The van der Waals surface area contributed by atoms with E-state index in [1.807, 2.05) is 0 Å². The highest BCUT2D eigenvalue weighted by molar-refractivity contribution is 6.89. The molecule has 0 radical (unpaired) electrons. The van der Waals surface area contributed by atoms with Crippen molar-refractivity contribution in [2.24, 2.45) is 0 Å². The van der Waals surface area contributed by atoms with Gasteiger partial charge in [0.2, 0.25) is 0 Å². The highest BCUT2D eigenvalue weighted by atomic mass is 28.5. The van der Waals surface area contributed by atoms with Crippen LogP contribution in [0.25, 0.3) is 0 Å². The number of hydrogen-bond acceptors (Lipinski definition) is 6. The molecule has 0 aromatic rings. The van der Waals surface area contributed by atoms with Crippen molar-refractivity contribution in [2.45, 2.75) is 137 Å². The predicted molar refractivity (Wildman–Crippen MR) is 182 cm³/mol. The van der Waals surface area contributed by atoms with Crippen LogP contribution in [0, 0.1) is 0 Å². The molecule has 0 saturated carbocycles. The van der Waals surface area contributed by atoms with E-state index in [2.05, 4.69) is 137 Å². The third-order valence-electron chi connectivity index (χ3n) is 3.31. The van der Waals surface area contributed by atoms with E-state index in [1.165, 1.54) is 0 Å². The summed E-state index contributed by atoms with van der Waals surface area (Å²) in [6.45, 7) is 45.9. The van der Waals surface area contributed by atoms with Crippen LogP contribution in [0.4, 0.5) is 0 Å². The highest BCUT2D eigenvalue weighted by Crippen LogP contribution is 2.23. The van der Waals surface area contributed by atoms with Crippen molar-refractivity contribution < 1.29 is 25.0 Å². The summed E-state index contributed by atoms with van der Waals surface area (Å²) in [6.07, 6.45) is 0. The van der Waals surface area contributed by atoms with E-state index in [-0.39, 0.29) is 0 Å². The van der Waals surface area contributed by atoms with Crippen molar-refractivity contribution in [3.8, 4) is 0 Å². The normalized spacial score (nSPS) is 14.5. The van der Waals surface area contributed by atoms with Crippen molar-refractivity contribution in [2.75, 3.05) is 7.11 Å². The van der Waals surface area contributed by atoms with Gasteiger partial charge in [-0.1, -0.05) is 0 Å². The van der Waals surface area contributed by atoms with Crippen LogP contribution in [0.15, 0.2) is 0 Å². The molecule has 0 aliphatic carbocycles. The zero-order chi connectivity index (χ0) is 30.2. The monoisotopic (exact) mass is 650 g/mol. The van der Waals surface area contributed by atoms with E-state index in [0.717, 1.165) is 0 Å². The molecule has 0 atom stereocenters. The molecular weight excluding hydrogens is 585 g/mol. The minimum absolute atomic E-state index is 1.13. The van der Waals surface area contributed by atoms with Gasteiger partial charge >= 0.3 is 25.7 Å². The van der Waals surface area contributed by atoms with E-state index < -0.39 is 67.3 Å². The number of rotatable bonds is 11. The van der Waals surface area contributed by atoms with Crippen LogP contribution in [0.2, 0.25) is 137 Å². The minimum atomic E-state index is -2.05. The second-order valence-corrected chi connectivity index (χ2v) is 49.5. The zero-order valence-electron chi connectivity index (χ0n) is 28.4. The summed E-state index contributed by atoms with van der Waals surface area (Å²) in [4.78, 5) is 0. The second-order valence-electron chi connectivity index (χ2n) is 15.5. The molecule has 0 N–H and O–H groups in total. The van der Waals surface area contributed by atoms with E-state index in [1.54, 1.807) is 7.11 Å². The van der Waals surface area contributed by atoms with Crippen LogP contribution in [0.5, 0.6) is 0 Å². The summed E-state index contributed by atoms with van der Waals surface area (Å²) in [7, 11) is -11.3. The maximum Gasteiger partial charge on any atom is 0.312 e. The van der Waals surface area contributed by atoms with Crippen LogP contribution >= 0.6 is 0 Å². The topological polar surface area (TPSA) is 55.4 Å². The van der Waals surface area contributed by atoms with E-state index in [9.17, 15) is 0 Å². The molecule has 0 aromatic carbocycles. The fourth-order valence-electron chi connectivity index (χ4n) is 3.60. The van der Waals surface area contributed by atoms with Gasteiger partial charge in [0.25, 0.3) is 0 Å². The number of hydrogen-bond donors (Lipinski definition) is 0. The molecule has 0 spiro atoms. The fourth-order valence-corrected chi connectivity index (χ4v) is 33.6. The van der Waals surface area contributed by atoms with Gasteiger partial charge < -0.3 is 25.0 Å². The Labute approximate surface area is 236 Å². The van der Waals surface area contributed by atoms with E-state index >= 15 is 0 Å². The standard InChI is InChI=1S/C10H30O3Si4.C8H24O2Si3.C4H12OSi/c1-14(2,3)11-16(7,8)13-17(9,10)12-15(4,5)6;1-11(2,3)9-13(7,8)10-12(4,5)6;1-5-6(2,3)4/h1-10H3;1-8H3;1-4H3. The largest absolute Gasteiger partial charge is 0.437 e. The van der Waals surface area contributed by atoms with Gasteiger partial charge in [-0.2, -0.15) is 0 Å². The average Bonchev–Trinajstić information content (AvgIpc) is 2.34. The summed E-state index contributed by atoms with van der Waals surface area (Å²) < 4.78 is 35.9. The van der Waals surface area contributed by atoms with Crippen molar-refractivity contribution in [1.29, 1.82) is 0 Å². The predicted octanol–water partition coefficient (Wildman–Crippen LogP) is 8.97. The van der Waals surface area contributed by atoms with Crippen molar-refractivity contribution in [3.05, 3.63) is 0 Å². The van der Waals surface area contributed by atoms with Crippen LogP contribution in [-0.4, -0.2) is 74.4 Å². The molecule has 6 nitrogen and oxygen atoms in total. The molecule has 0 aromatic heterocycles. The van der Waals surface area contributed by atoms with Gasteiger partial charge in [-0.3, -0.25) is 0 Å². The summed E-state index contributed by atoms with van der Waals surface area (Å²) >= 11 is 0. The molecule has 0 rings (SSSR count). The quantitative estimate of drug-likeness (QED) is 0.208. The van der Waals surface area contributed by atoms with Gasteiger partial charge in [-0.25, -0.2) is 0 Å². The Balaban J connectivity index is -0.000000505. The first kappa shape index (κ1) is 42.0. The Hall–Kier alpha value is 1.50. The molecule has 0 aliphatic heterocycles. The van der Waals surface area contributed by atoms with Crippen LogP contribution in [0.3, 0.4) is 0 Å². The van der Waals surface area contributed by atoms with Gasteiger partial charge in [-0.05, 0) is 137 Å². The fraction of sp³-hybridized carbons (Fsp3) is 1.00. The Kier molecular flexibility index (Phi) is 17.4. The Morgan fingerprint density at radius 1 is 0.250 bits per heavy atom. The van der Waals surface area contributed by atoms with Crippen LogP contribution in [0.1, 0.15) is 0 Å². The lowest BCUT2D eigenvalue weighted by Gasteiger charge is -2.39. The molecule has 0 saturated heterocycles. The van der Waals surface area contributed by atoms with E-state index in [4.69, 9.17) is 25.0 Å². The van der Waals surface area contributed by atoms with Crippen LogP contribution < -0.4 is 0 Å². The molecule has 222 valence electrons. The summed E-state index contributed by atoms with van der Waals surface area (Å²) in [6, 6.07) is 0. The lowest BCUT2D eigenvalue weighted by molar-refractivity contribution is 0.331. The summed E-state index contributed by atoms with van der Waals surface area (Å²) in [5, 5.41) is 0. The second kappa shape index (κ2) is 14.9. The van der Waals surface area contributed by atoms with Gasteiger partial charge in [0.1, 0.15) is 0 Å². The lowest BCUT2D eigenvalue weighted by Crippen LogP contribution is -2.55. The minimum Gasteiger partial charge on any atom is -0.437 e. The smallest absolute Gasteiger partial charge is 0.312 e. The lowest BCUT2D eigenvalue weighted by atomic mass is 11.8. The van der Waals surface area contributed by atoms with E-state index in [0.29, 0.717) is 0 Å². The van der Waals surface area contributed by atoms with Crippen molar-refractivity contribution in [1.82, 2.24) is 0 Å². The molecule has 0 unspecified atom stereocenters. The Bertz CT molecular complexity index is 566. The van der Waals surface area contributed by atoms with Crippen molar-refractivity contribution >= 4 is 67.3 Å². The van der Waals surface area contributed by atoms with Gasteiger partial charge in [0.15, 0.2) is 41.6 Å². The molecule has 0 amide bonds. The SMILES string of the molecule is CO[Si](C)(C)C.C[Si](C)(C)O[Si](C)(C)O[Si](C)(C)C.C[Si](C)(C)O[Si](C)(C)O[Si](C)(C)O[Si](C)(C)C. The maximum absolute atomic E-state index is 6.28. The van der Waals surface area contributed by atoms with Crippen LogP contribution in [-0.2, 0) is 25.0 Å². The summed E-state index contributed by atoms with van der Waals surface area (Å²) in [5.41, 5.74) is 0. The molecular formula is C22H66O6Si8. The third kappa shape index (κ3) is 35.5. The maximum atomic E-state index is 6.28. The molecule has 14 heteroatoms. The molecule has 36 heavy (non-hydrogen) atoms.